The van der Waals surface area contributed by atoms with Crippen LogP contribution in [-0.4, -0.2) is 6.21 Å². The Bertz CT molecular complexity index is 558. The van der Waals surface area contributed by atoms with Crippen LogP contribution in [0.1, 0.15) is 31.9 Å². The zero-order chi connectivity index (χ0) is 13.9. The van der Waals surface area contributed by atoms with E-state index in [1.807, 2.05) is 12.1 Å². The summed E-state index contributed by atoms with van der Waals surface area (Å²) in [6, 6.07) is 17.0. The first-order valence-electron chi connectivity index (χ1n) is 6.45. The van der Waals surface area contributed by atoms with Gasteiger partial charge in [0.25, 0.3) is 0 Å². The van der Waals surface area contributed by atoms with Crippen molar-refractivity contribution in [3.05, 3.63) is 59.7 Å². The summed E-state index contributed by atoms with van der Waals surface area (Å²) in [6.45, 7) is 6.68. The summed E-state index contributed by atoms with van der Waals surface area (Å²) >= 11 is 0. The number of rotatable bonds is 2. The van der Waals surface area contributed by atoms with Crippen LogP contribution < -0.4 is 5.84 Å². The largest absolute Gasteiger partial charge is 0.323 e. The van der Waals surface area contributed by atoms with Gasteiger partial charge >= 0.3 is 0 Å². The van der Waals surface area contributed by atoms with E-state index in [0.717, 1.165) is 5.56 Å². The van der Waals surface area contributed by atoms with Gasteiger partial charge in [0.05, 0.1) is 6.21 Å². The molecule has 2 N–H and O–H groups in total. The van der Waals surface area contributed by atoms with E-state index in [9.17, 15) is 0 Å². The van der Waals surface area contributed by atoms with Gasteiger partial charge in [-0.15, -0.1) is 0 Å². The average molecular weight is 252 g/mol. The molecule has 2 aromatic carbocycles. The predicted octanol–water partition coefficient (Wildman–Crippen LogP) is 3.94. The summed E-state index contributed by atoms with van der Waals surface area (Å²) in [7, 11) is 0. The fourth-order valence-electron chi connectivity index (χ4n) is 2.01. The van der Waals surface area contributed by atoms with Crippen molar-refractivity contribution in [3.63, 3.8) is 0 Å². The average Bonchev–Trinajstić information content (AvgIpc) is 2.39. The lowest BCUT2D eigenvalue weighted by atomic mass is 9.86. The molecule has 0 unspecified atom stereocenters. The molecule has 98 valence electrons. The molecule has 0 aromatic heterocycles. The molecule has 0 aliphatic carbocycles. The van der Waals surface area contributed by atoms with E-state index in [2.05, 4.69) is 62.3 Å². The molecule has 0 spiro atoms. The minimum absolute atomic E-state index is 0.194. The van der Waals surface area contributed by atoms with Gasteiger partial charge in [-0.1, -0.05) is 69.3 Å². The molecule has 19 heavy (non-hydrogen) atoms. The van der Waals surface area contributed by atoms with Crippen molar-refractivity contribution in [2.24, 2.45) is 10.9 Å². The van der Waals surface area contributed by atoms with Crippen molar-refractivity contribution in [2.75, 3.05) is 0 Å². The monoisotopic (exact) mass is 252 g/mol. The number of nitrogens with two attached hydrogens (primary N) is 1. The van der Waals surface area contributed by atoms with Gasteiger partial charge in [0, 0.05) is 0 Å². The standard InChI is InChI=1S/C17H20N2/c1-17(2,3)16-10-8-15(9-11-16)14-6-4-13(5-7-14)12-19-18/h4-12H,18H2,1-3H3. The Morgan fingerprint density at radius 3 is 1.74 bits per heavy atom. The summed E-state index contributed by atoms with van der Waals surface area (Å²) in [6.07, 6.45) is 1.65. The normalized spacial score (nSPS) is 11.9. The molecular formula is C17H20N2. The molecule has 0 aliphatic rings. The highest BCUT2D eigenvalue weighted by atomic mass is 15.1. The van der Waals surface area contributed by atoms with Gasteiger partial charge in [-0.2, -0.15) is 5.10 Å². The van der Waals surface area contributed by atoms with Gasteiger partial charge in [-0.25, -0.2) is 0 Å². The molecule has 0 aliphatic heterocycles. The van der Waals surface area contributed by atoms with E-state index in [1.165, 1.54) is 16.7 Å². The Morgan fingerprint density at radius 1 is 0.842 bits per heavy atom. The molecule has 0 heterocycles. The molecule has 0 bridgehead atoms. The molecule has 2 aromatic rings. The van der Waals surface area contributed by atoms with Gasteiger partial charge in [-0.3, -0.25) is 0 Å². The van der Waals surface area contributed by atoms with Crippen LogP contribution in [0.15, 0.2) is 53.6 Å². The highest BCUT2D eigenvalue weighted by molar-refractivity contribution is 5.80. The van der Waals surface area contributed by atoms with Crippen molar-refractivity contribution in [1.82, 2.24) is 0 Å². The summed E-state index contributed by atoms with van der Waals surface area (Å²) < 4.78 is 0. The van der Waals surface area contributed by atoms with Gasteiger partial charge in [-0.05, 0) is 27.7 Å². The first-order chi connectivity index (χ1) is 9.00. The van der Waals surface area contributed by atoms with E-state index in [-0.39, 0.29) is 5.41 Å². The quantitative estimate of drug-likeness (QED) is 0.490. The van der Waals surface area contributed by atoms with Gasteiger partial charge in [0.2, 0.25) is 0 Å². The Labute approximate surface area is 115 Å². The van der Waals surface area contributed by atoms with Crippen molar-refractivity contribution in [1.29, 1.82) is 0 Å². The second kappa shape index (κ2) is 5.27. The second-order valence-corrected chi connectivity index (χ2v) is 5.73. The lowest BCUT2D eigenvalue weighted by Gasteiger charge is -2.19. The summed E-state index contributed by atoms with van der Waals surface area (Å²) in [5.41, 5.74) is 4.99. The maximum absolute atomic E-state index is 5.14. The van der Waals surface area contributed by atoms with Crippen molar-refractivity contribution >= 4 is 6.21 Å². The highest BCUT2D eigenvalue weighted by Gasteiger charge is 2.12. The van der Waals surface area contributed by atoms with Crippen molar-refractivity contribution in [2.45, 2.75) is 26.2 Å². The van der Waals surface area contributed by atoms with Gasteiger partial charge < -0.3 is 5.84 Å². The van der Waals surface area contributed by atoms with Crippen molar-refractivity contribution in [3.8, 4) is 11.1 Å². The molecule has 0 fully saturated rings. The van der Waals surface area contributed by atoms with Crippen LogP contribution in [0, 0.1) is 0 Å². The molecule has 2 heteroatoms. The molecule has 0 atom stereocenters. The number of hydrogen-bond acceptors (Lipinski definition) is 2. The van der Waals surface area contributed by atoms with Crippen LogP contribution >= 0.6 is 0 Å². The van der Waals surface area contributed by atoms with Crippen LogP contribution in [0.25, 0.3) is 11.1 Å². The zero-order valence-corrected chi connectivity index (χ0v) is 11.7. The second-order valence-electron chi connectivity index (χ2n) is 5.73. The summed E-state index contributed by atoms with van der Waals surface area (Å²) in [5.74, 6) is 5.14. The van der Waals surface area contributed by atoms with Crippen LogP contribution in [0.2, 0.25) is 0 Å². The molecular weight excluding hydrogens is 232 g/mol. The lowest BCUT2D eigenvalue weighted by Crippen LogP contribution is -2.10. The minimum atomic E-state index is 0.194. The Hall–Kier alpha value is -2.09. The van der Waals surface area contributed by atoms with E-state index >= 15 is 0 Å². The lowest BCUT2D eigenvalue weighted by molar-refractivity contribution is 0.590. The maximum Gasteiger partial charge on any atom is 0.0538 e. The van der Waals surface area contributed by atoms with Gasteiger partial charge in [0.1, 0.15) is 0 Å². The third kappa shape index (κ3) is 3.22. The topological polar surface area (TPSA) is 38.4 Å². The first-order valence-corrected chi connectivity index (χ1v) is 6.45. The van der Waals surface area contributed by atoms with Crippen LogP contribution in [-0.2, 0) is 5.41 Å². The van der Waals surface area contributed by atoms with E-state index in [1.54, 1.807) is 6.21 Å². The van der Waals surface area contributed by atoms with Crippen LogP contribution in [0.3, 0.4) is 0 Å². The number of hydrogen-bond donors (Lipinski definition) is 1. The van der Waals surface area contributed by atoms with E-state index in [0.29, 0.717) is 0 Å². The number of nitrogens with zero attached hydrogens (tertiary/aromatic N) is 1. The van der Waals surface area contributed by atoms with Crippen molar-refractivity contribution < 1.29 is 0 Å². The van der Waals surface area contributed by atoms with Crippen LogP contribution in [0.4, 0.5) is 0 Å². The molecule has 0 amide bonds. The fourth-order valence-corrected chi connectivity index (χ4v) is 2.01. The zero-order valence-electron chi connectivity index (χ0n) is 11.7. The Kier molecular flexibility index (Phi) is 3.70. The predicted molar refractivity (Wildman–Crippen MR) is 82.4 cm³/mol. The Morgan fingerprint density at radius 2 is 1.32 bits per heavy atom. The third-order valence-electron chi connectivity index (χ3n) is 3.22. The molecule has 0 saturated heterocycles. The SMILES string of the molecule is CC(C)(C)c1ccc(-c2ccc(C=NN)cc2)cc1. The van der Waals surface area contributed by atoms with Crippen LogP contribution in [0.5, 0.6) is 0 Å². The van der Waals surface area contributed by atoms with E-state index < -0.39 is 0 Å². The Balaban J connectivity index is 2.27. The summed E-state index contributed by atoms with van der Waals surface area (Å²) in [5, 5.41) is 3.52. The van der Waals surface area contributed by atoms with E-state index in [4.69, 9.17) is 5.84 Å². The third-order valence-corrected chi connectivity index (χ3v) is 3.22. The van der Waals surface area contributed by atoms with Gasteiger partial charge in [0.15, 0.2) is 0 Å². The molecule has 0 radical (unpaired) electrons. The molecule has 0 saturated carbocycles. The minimum Gasteiger partial charge on any atom is -0.323 e. The molecule has 2 rings (SSSR count). The number of hydrazone groups is 1. The number of benzene rings is 2. The highest BCUT2D eigenvalue weighted by Crippen LogP contribution is 2.26. The maximum atomic E-state index is 5.14. The fraction of sp³-hybridized carbons (Fsp3) is 0.235. The first kappa shape index (κ1) is 13.3. The molecule has 2 nitrogen and oxygen atoms in total. The smallest absolute Gasteiger partial charge is 0.0538 e. The summed E-state index contributed by atoms with van der Waals surface area (Å²) in [4.78, 5) is 0.